The topological polar surface area (TPSA) is 42.4 Å². The summed E-state index contributed by atoms with van der Waals surface area (Å²) >= 11 is 0. The lowest BCUT2D eigenvalue weighted by Crippen LogP contribution is -2.31. The molecule has 1 amide bonds. The van der Waals surface area contributed by atoms with Crippen LogP contribution >= 0.6 is 0 Å². The van der Waals surface area contributed by atoms with Gasteiger partial charge in [-0.05, 0) is 78.4 Å². The van der Waals surface area contributed by atoms with E-state index >= 15 is 0 Å². The van der Waals surface area contributed by atoms with Crippen molar-refractivity contribution in [2.45, 2.75) is 25.8 Å². The van der Waals surface area contributed by atoms with Crippen LogP contribution in [0.2, 0.25) is 0 Å². The molecule has 0 radical (unpaired) electrons. The lowest BCUT2D eigenvalue weighted by molar-refractivity contribution is -0.119. The molecular weight excluding hydrogens is 408 g/mol. The van der Waals surface area contributed by atoms with Crippen LogP contribution < -0.4 is 9.64 Å². The van der Waals surface area contributed by atoms with E-state index in [1.54, 1.807) is 6.20 Å². The van der Waals surface area contributed by atoms with Crippen molar-refractivity contribution < 1.29 is 9.53 Å². The van der Waals surface area contributed by atoms with Gasteiger partial charge in [0.15, 0.2) is 0 Å². The van der Waals surface area contributed by atoms with E-state index in [1.165, 1.54) is 11.1 Å². The van der Waals surface area contributed by atoms with Gasteiger partial charge in [-0.15, -0.1) is 0 Å². The van der Waals surface area contributed by atoms with Gasteiger partial charge in [0.1, 0.15) is 11.5 Å². The van der Waals surface area contributed by atoms with Crippen LogP contribution in [0.25, 0.3) is 0 Å². The first-order chi connectivity index (χ1) is 16.2. The molecule has 1 aliphatic carbocycles. The van der Waals surface area contributed by atoms with Crippen molar-refractivity contribution in [2.24, 2.45) is 5.92 Å². The summed E-state index contributed by atoms with van der Waals surface area (Å²) in [5, 5.41) is 0. The van der Waals surface area contributed by atoms with E-state index in [0.29, 0.717) is 6.54 Å². The summed E-state index contributed by atoms with van der Waals surface area (Å²) in [6.45, 7) is 0.520. The molecule has 4 nitrogen and oxygen atoms in total. The molecule has 0 N–H and O–H groups in total. The Hall–Kier alpha value is -3.92. The summed E-state index contributed by atoms with van der Waals surface area (Å²) < 4.78 is 6.04. The third-order valence-electron chi connectivity index (χ3n) is 5.81. The molecule has 164 valence electrons. The Kier molecular flexibility index (Phi) is 6.16. The number of amides is 1. The molecule has 0 spiro atoms. The van der Waals surface area contributed by atoms with Crippen LogP contribution in [0.3, 0.4) is 0 Å². The fourth-order valence-electron chi connectivity index (χ4n) is 3.86. The van der Waals surface area contributed by atoms with E-state index < -0.39 is 0 Å². The van der Waals surface area contributed by atoms with E-state index in [2.05, 4.69) is 41.4 Å². The molecule has 4 heteroatoms. The zero-order valence-electron chi connectivity index (χ0n) is 18.4. The number of anilines is 1. The number of carbonyl (C=O) groups is 1. The summed E-state index contributed by atoms with van der Waals surface area (Å²) in [4.78, 5) is 19.0. The van der Waals surface area contributed by atoms with Gasteiger partial charge in [0.2, 0.25) is 5.91 Å². The largest absolute Gasteiger partial charge is 0.457 e. The number of hydrogen-bond donors (Lipinski definition) is 0. The molecule has 1 aromatic heterocycles. The second kappa shape index (κ2) is 9.70. The summed E-state index contributed by atoms with van der Waals surface area (Å²) in [6, 6.07) is 30.3. The van der Waals surface area contributed by atoms with Crippen molar-refractivity contribution in [3.05, 3.63) is 120 Å². The highest BCUT2D eigenvalue weighted by Crippen LogP contribution is 2.34. The zero-order valence-corrected chi connectivity index (χ0v) is 18.4. The lowest BCUT2D eigenvalue weighted by atomic mass is 10.1. The third kappa shape index (κ3) is 5.47. The maximum atomic E-state index is 12.9. The van der Waals surface area contributed by atoms with Gasteiger partial charge < -0.3 is 9.64 Å². The second-order valence-electron chi connectivity index (χ2n) is 8.46. The van der Waals surface area contributed by atoms with Gasteiger partial charge in [-0.1, -0.05) is 48.5 Å². The summed E-state index contributed by atoms with van der Waals surface area (Å²) in [6.07, 6.45) is 6.41. The van der Waals surface area contributed by atoms with E-state index in [1.807, 2.05) is 65.7 Å². The number of hydrogen-bond acceptors (Lipinski definition) is 3. The minimum atomic E-state index is 0.145. The van der Waals surface area contributed by atoms with Gasteiger partial charge in [0.05, 0.1) is 6.54 Å². The molecule has 5 rings (SSSR count). The van der Waals surface area contributed by atoms with Gasteiger partial charge in [-0.2, -0.15) is 0 Å². The minimum absolute atomic E-state index is 0.145. The first-order valence-electron chi connectivity index (χ1n) is 11.4. The fraction of sp³-hybridized carbons (Fsp3) is 0.172. The Morgan fingerprint density at radius 1 is 0.788 bits per heavy atom. The Morgan fingerprint density at radius 2 is 1.42 bits per heavy atom. The van der Waals surface area contributed by atoms with Crippen molar-refractivity contribution in [3.8, 4) is 11.5 Å². The third-order valence-corrected chi connectivity index (χ3v) is 5.81. The molecule has 1 fully saturated rings. The van der Waals surface area contributed by atoms with Gasteiger partial charge in [-0.3, -0.25) is 9.78 Å². The molecule has 0 bridgehead atoms. The molecule has 1 heterocycles. The van der Waals surface area contributed by atoms with Crippen molar-refractivity contribution in [3.63, 3.8) is 0 Å². The zero-order chi connectivity index (χ0) is 22.5. The summed E-state index contributed by atoms with van der Waals surface area (Å²) in [7, 11) is 0. The van der Waals surface area contributed by atoms with Gasteiger partial charge in [0.25, 0.3) is 0 Å². The maximum Gasteiger partial charge on any atom is 0.230 e. The molecule has 1 aliphatic rings. The highest BCUT2D eigenvalue weighted by molar-refractivity contribution is 5.96. The number of carbonyl (C=O) groups excluding carboxylic acids is 1. The fourth-order valence-corrected chi connectivity index (χ4v) is 3.86. The number of nitrogens with zero attached hydrogens (tertiary/aromatic N) is 2. The molecular formula is C29H26N2O2. The SMILES string of the molecule is O=C(C1CC1)N(Cc1cccnc1)c1ccc(Oc2ccc(Cc3ccccc3)cc2)cc1. The normalized spacial score (nSPS) is 12.8. The molecule has 0 aliphatic heterocycles. The molecule has 0 atom stereocenters. The molecule has 0 unspecified atom stereocenters. The number of aromatic nitrogens is 1. The van der Waals surface area contributed by atoms with Crippen LogP contribution in [0.4, 0.5) is 5.69 Å². The predicted molar refractivity (Wildman–Crippen MR) is 130 cm³/mol. The number of benzene rings is 3. The standard InChI is InChI=1S/C29H26N2O2/c32-29(25-10-11-25)31(21-24-7-4-18-30-20-24)26-12-16-28(17-13-26)33-27-14-8-23(9-15-27)19-22-5-2-1-3-6-22/h1-9,12-18,20,25H,10-11,19,21H2. The number of ether oxygens (including phenoxy) is 1. The molecule has 4 aromatic rings. The number of pyridine rings is 1. The van der Waals surface area contributed by atoms with Crippen molar-refractivity contribution in [1.29, 1.82) is 0 Å². The van der Waals surface area contributed by atoms with Crippen molar-refractivity contribution in [1.82, 2.24) is 4.98 Å². The minimum Gasteiger partial charge on any atom is -0.457 e. The van der Waals surface area contributed by atoms with E-state index in [9.17, 15) is 4.79 Å². The molecule has 0 saturated heterocycles. The van der Waals surface area contributed by atoms with E-state index in [0.717, 1.165) is 42.0 Å². The van der Waals surface area contributed by atoms with Crippen LogP contribution in [0.15, 0.2) is 103 Å². The lowest BCUT2D eigenvalue weighted by Gasteiger charge is -2.23. The smallest absolute Gasteiger partial charge is 0.230 e. The Balaban J connectivity index is 1.26. The van der Waals surface area contributed by atoms with Gasteiger partial charge in [0, 0.05) is 24.0 Å². The van der Waals surface area contributed by atoms with Gasteiger partial charge in [-0.25, -0.2) is 0 Å². The number of rotatable bonds is 8. The van der Waals surface area contributed by atoms with E-state index in [4.69, 9.17) is 4.74 Å². The van der Waals surface area contributed by atoms with Crippen LogP contribution in [0.5, 0.6) is 11.5 Å². The molecule has 1 saturated carbocycles. The summed E-state index contributed by atoms with van der Waals surface area (Å²) in [5.74, 6) is 1.86. The highest BCUT2D eigenvalue weighted by Gasteiger charge is 2.34. The Bertz CT molecular complexity index is 1190. The maximum absolute atomic E-state index is 12.9. The average molecular weight is 435 g/mol. The van der Waals surface area contributed by atoms with Crippen LogP contribution in [-0.4, -0.2) is 10.9 Å². The average Bonchev–Trinajstić information content (AvgIpc) is 3.71. The van der Waals surface area contributed by atoms with Crippen molar-refractivity contribution >= 4 is 11.6 Å². The van der Waals surface area contributed by atoms with Gasteiger partial charge >= 0.3 is 0 Å². The highest BCUT2D eigenvalue weighted by atomic mass is 16.5. The van der Waals surface area contributed by atoms with Crippen LogP contribution in [0, 0.1) is 5.92 Å². The first-order valence-corrected chi connectivity index (χ1v) is 11.4. The van der Waals surface area contributed by atoms with Crippen molar-refractivity contribution in [2.75, 3.05) is 4.90 Å². The summed E-state index contributed by atoms with van der Waals surface area (Å²) in [5.41, 5.74) is 4.43. The second-order valence-corrected chi connectivity index (χ2v) is 8.46. The predicted octanol–water partition coefficient (Wildman–Crippen LogP) is 6.41. The first kappa shape index (κ1) is 21.0. The van der Waals surface area contributed by atoms with Crippen LogP contribution in [0.1, 0.15) is 29.5 Å². The monoisotopic (exact) mass is 434 g/mol. The van der Waals surface area contributed by atoms with Crippen LogP contribution in [-0.2, 0) is 17.8 Å². The Morgan fingerprint density at radius 3 is 2.06 bits per heavy atom. The Labute approximate surface area is 194 Å². The quantitative estimate of drug-likeness (QED) is 0.322. The molecule has 3 aromatic carbocycles. The van der Waals surface area contributed by atoms with E-state index in [-0.39, 0.29) is 11.8 Å². The molecule has 33 heavy (non-hydrogen) atoms.